The molecule has 0 saturated carbocycles. The summed E-state index contributed by atoms with van der Waals surface area (Å²) in [5.74, 6) is 0.706. The number of aryl methyl sites for hydroxylation is 2. The standard InChI is InChI=1S/C16H20N6S/c1-10-9-23-16(18-10)22-6-5-21(8-11(22)2)15-14(7-17)12(3)13(4)19-20-15/h9,11H,5-6,8H2,1-4H3/t11-/m0/s1. The van der Waals surface area contributed by atoms with Gasteiger partial charge in [0.15, 0.2) is 10.9 Å². The number of nitrogens with zero attached hydrogens (tertiary/aromatic N) is 6. The number of nitriles is 1. The summed E-state index contributed by atoms with van der Waals surface area (Å²) in [5, 5.41) is 21.1. The average Bonchev–Trinajstić information content (AvgIpc) is 2.96. The van der Waals surface area contributed by atoms with Gasteiger partial charge in [-0.05, 0) is 33.3 Å². The molecule has 0 unspecified atom stereocenters. The highest BCUT2D eigenvalue weighted by atomic mass is 32.1. The number of hydrogen-bond donors (Lipinski definition) is 0. The van der Waals surface area contributed by atoms with E-state index < -0.39 is 0 Å². The van der Waals surface area contributed by atoms with Crippen LogP contribution < -0.4 is 9.80 Å². The summed E-state index contributed by atoms with van der Waals surface area (Å²) in [5.41, 5.74) is 3.44. The van der Waals surface area contributed by atoms with Gasteiger partial charge in [-0.3, -0.25) is 0 Å². The monoisotopic (exact) mass is 328 g/mol. The lowest BCUT2D eigenvalue weighted by atomic mass is 10.1. The minimum Gasteiger partial charge on any atom is -0.350 e. The highest BCUT2D eigenvalue weighted by Gasteiger charge is 2.28. The van der Waals surface area contributed by atoms with Gasteiger partial charge < -0.3 is 9.80 Å². The molecule has 0 aromatic carbocycles. The zero-order valence-electron chi connectivity index (χ0n) is 13.9. The van der Waals surface area contributed by atoms with E-state index in [-0.39, 0.29) is 0 Å². The number of hydrogen-bond acceptors (Lipinski definition) is 7. The van der Waals surface area contributed by atoms with Crippen molar-refractivity contribution in [2.75, 3.05) is 29.4 Å². The van der Waals surface area contributed by atoms with Crippen molar-refractivity contribution in [1.82, 2.24) is 15.2 Å². The third kappa shape index (κ3) is 2.86. The van der Waals surface area contributed by atoms with Crippen molar-refractivity contribution in [3.63, 3.8) is 0 Å². The van der Waals surface area contributed by atoms with E-state index in [4.69, 9.17) is 0 Å². The zero-order chi connectivity index (χ0) is 16.6. The van der Waals surface area contributed by atoms with Crippen LogP contribution in [0.4, 0.5) is 10.9 Å². The van der Waals surface area contributed by atoms with Gasteiger partial charge in [0.1, 0.15) is 11.6 Å². The molecule has 0 amide bonds. The topological polar surface area (TPSA) is 68.9 Å². The average molecular weight is 328 g/mol. The maximum absolute atomic E-state index is 9.49. The van der Waals surface area contributed by atoms with Crippen molar-refractivity contribution in [1.29, 1.82) is 5.26 Å². The quantitative estimate of drug-likeness (QED) is 0.843. The van der Waals surface area contributed by atoms with Crippen molar-refractivity contribution in [2.24, 2.45) is 0 Å². The van der Waals surface area contributed by atoms with Crippen LogP contribution in [0.2, 0.25) is 0 Å². The van der Waals surface area contributed by atoms with Crippen molar-refractivity contribution < 1.29 is 0 Å². The van der Waals surface area contributed by atoms with Gasteiger partial charge in [0.05, 0.1) is 11.4 Å². The fraction of sp³-hybridized carbons (Fsp3) is 0.500. The van der Waals surface area contributed by atoms with Gasteiger partial charge in [-0.1, -0.05) is 0 Å². The lowest BCUT2D eigenvalue weighted by molar-refractivity contribution is 0.543. The van der Waals surface area contributed by atoms with Crippen LogP contribution in [-0.4, -0.2) is 40.9 Å². The molecule has 3 heterocycles. The molecule has 0 radical (unpaired) electrons. The molecule has 1 saturated heterocycles. The molecule has 1 fully saturated rings. The van der Waals surface area contributed by atoms with Crippen molar-refractivity contribution in [3.8, 4) is 6.07 Å². The first-order valence-corrected chi connectivity index (χ1v) is 8.57. The van der Waals surface area contributed by atoms with Gasteiger partial charge >= 0.3 is 0 Å². The van der Waals surface area contributed by atoms with Gasteiger partial charge in [0.25, 0.3) is 0 Å². The summed E-state index contributed by atoms with van der Waals surface area (Å²) in [6, 6.07) is 2.60. The largest absolute Gasteiger partial charge is 0.350 e. The SMILES string of the molecule is Cc1csc(N2CCN(c3nnc(C)c(C)c3C#N)C[C@@H]2C)n1. The van der Waals surface area contributed by atoms with E-state index in [1.165, 1.54) is 0 Å². The summed E-state index contributed by atoms with van der Waals surface area (Å²) in [4.78, 5) is 9.08. The predicted octanol–water partition coefficient (Wildman–Crippen LogP) is 2.45. The molecule has 0 bridgehead atoms. The first-order valence-electron chi connectivity index (χ1n) is 7.69. The fourth-order valence-corrected chi connectivity index (χ4v) is 3.79. The minimum atomic E-state index is 0.309. The lowest BCUT2D eigenvalue weighted by Gasteiger charge is -2.40. The molecule has 0 aliphatic carbocycles. The normalized spacial score (nSPS) is 18.1. The Morgan fingerprint density at radius 1 is 1.26 bits per heavy atom. The van der Waals surface area contributed by atoms with E-state index in [9.17, 15) is 5.26 Å². The second-order valence-corrected chi connectivity index (χ2v) is 6.82. The predicted molar refractivity (Wildman–Crippen MR) is 92.1 cm³/mol. The van der Waals surface area contributed by atoms with Gasteiger partial charge in [0, 0.05) is 31.1 Å². The van der Waals surface area contributed by atoms with E-state index in [0.717, 1.165) is 41.7 Å². The Bertz CT molecular complexity index is 762. The highest BCUT2D eigenvalue weighted by Crippen LogP contribution is 2.28. The molecule has 1 atom stereocenters. The molecule has 0 spiro atoms. The molecule has 1 aliphatic heterocycles. The van der Waals surface area contributed by atoms with Gasteiger partial charge in [-0.15, -0.1) is 16.4 Å². The van der Waals surface area contributed by atoms with E-state index >= 15 is 0 Å². The molecule has 120 valence electrons. The van der Waals surface area contributed by atoms with E-state index in [0.29, 0.717) is 17.4 Å². The number of aromatic nitrogens is 3. The summed E-state index contributed by atoms with van der Waals surface area (Å²) in [6.07, 6.45) is 0. The van der Waals surface area contributed by atoms with Crippen LogP contribution in [0.15, 0.2) is 5.38 Å². The van der Waals surface area contributed by atoms with E-state index in [1.54, 1.807) is 11.3 Å². The number of anilines is 2. The van der Waals surface area contributed by atoms with E-state index in [2.05, 4.69) is 43.4 Å². The Balaban J connectivity index is 1.83. The Labute approximate surface area is 140 Å². The van der Waals surface area contributed by atoms with Crippen LogP contribution in [0.1, 0.15) is 29.4 Å². The van der Waals surface area contributed by atoms with Crippen molar-refractivity contribution in [2.45, 2.75) is 33.7 Å². The van der Waals surface area contributed by atoms with Crippen LogP contribution in [0, 0.1) is 32.1 Å². The van der Waals surface area contributed by atoms with Crippen LogP contribution >= 0.6 is 11.3 Å². The number of thiazole rings is 1. The van der Waals surface area contributed by atoms with Crippen LogP contribution in [0.3, 0.4) is 0 Å². The van der Waals surface area contributed by atoms with Gasteiger partial charge in [0.2, 0.25) is 0 Å². The molecule has 3 rings (SSSR count). The molecule has 23 heavy (non-hydrogen) atoms. The van der Waals surface area contributed by atoms with E-state index in [1.807, 2.05) is 20.8 Å². The molecule has 2 aromatic rings. The number of rotatable bonds is 2. The molecule has 1 aliphatic rings. The Kier molecular flexibility index (Phi) is 4.18. The Morgan fingerprint density at radius 3 is 2.65 bits per heavy atom. The first kappa shape index (κ1) is 15.7. The second kappa shape index (κ2) is 6.13. The second-order valence-electron chi connectivity index (χ2n) is 5.98. The third-order valence-corrected chi connectivity index (χ3v) is 5.32. The third-order valence-electron chi connectivity index (χ3n) is 4.33. The van der Waals surface area contributed by atoms with Crippen LogP contribution in [0.5, 0.6) is 0 Å². The smallest absolute Gasteiger partial charge is 0.185 e. The highest BCUT2D eigenvalue weighted by molar-refractivity contribution is 7.13. The van der Waals surface area contributed by atoms with Gasteiger partial charge in [-0.2, -0.15) is 10.4 Å². The molecular formula is C16H20N6S. The van der Waals surface area contributed by atoms with Crippen molar-refractivity contribution in [3.05, 3.63) is 27.9 Å². The molecular weight excluding hydrogens is 308 g/mol. The van der Waals surface area contributed by atoms with Crippen LogP contribution in [-0.2, 0) is 0 Å². The van der Waals surface area contributed by atoms with Crippen molar-refractivity contribution >= 4 is 22.3 Å². The minimum absolute atomic E-state index is 0.309. The fourth-order valence-electron chi connectivity index (χ4n) is 2.86. The molecule has 7 heteroatoms. The number of piperazine rings is 1. The summed E-state index contributed by atoms with van der Waals surface area (Å²) in [6.45, 7) is 10.5. The first-order chi connectivity index (χ1) is 11.0. The molecule has 0 N–H and O–H groups in total. The summed E-state index contributed by atoms with van der Waals surface area (Å²) < 4.78 is 0. The lowest BCUT2D eigenvalue weighted by Crippen LogP contribution is -2.52. The Morgan fingerprint density at radius 2 is 2.04 bits per heavy atom. The molecule has 6 nitrogen and oxygen atoms in total. The zero-order valence-corrected chi connectivity index (χ0v) is 14.7. The summed E-state index contributed by atoms with van der Waals surface area (Å²) in [7, 11) is 0. The summed E-state index contributed by atoms with van der Waals surface area (Å²) >= 11 is 1.68. The van der Waals surface area contributed by atoms with Gasteiger partial charge in [-0.25, -0.2) is 4.98 Å². The molecule has 2 aromatic heterocycles. The maximum atomic E-state index is 9.49. The maximum Gasteiger partial charge on any atom is 0.185 e. The van der Waals surface area contributed by atoms with Crippen LogP contribution in [0.25, 0.3) is 0 Å². The Hall–Kier alpha value is -2.20.